The van der Waals surface area contributed by atoms with Gasteiger partial charge in [-0.05, 0) is 31.0 Å². The number of nitrogens with zero attached hydrogens (tertiary/aromatic N) is 2. The maximum absolute atomic E-state index is 12.4. The predicted molar refractivity (Wildman–Crippen MR) is 90.4 cm³/mol. The van der Waals surface area contributed by atoms with Gasteiger partial charge in [0.2, 0.25) is 5.91 Å². The number of amides is 3. The molecule has 1 rings (SSSR count). The van der Waals surface area contributed by atoms with Crippen molar-refractivity contribution in [3.05, 3.63) is 29.8 Å². The van der Waals surface area contributed by atoms with Gasteiger partial charge in [-0.25, -0.2) is 4.79 Å². The molecular formula is C17H27N3O3. The van der Waals surface area contributed by atoms with Crippen molar-refractivity contribution in [2.45, 2.75) is 32.9 Å². The van der Waals surface area contributed by atoms with Crippen LogP contribution in [0.15, 0.2) is 24.3 Å². The Labute approximate surface area is 138 Å². The van der Waals surface area contributed by atoms with Crippen LogP contribution in [0.4, 0.5) is 4.79 Å². The van der Waals surface area contributed by atoms with Crippen molar-refractivity contribution in [3.8, 4) is 5.75 Å². The Morgan fingerprint density at radius 3 is 2.48 bits per heavy atom. The number of hydrogen-bond donors (Lipinski definition) is 1. The smallest absolute Gasteiger partial charge is 0.318 e. The highest BCUT2D eigenvalue weighted by molar-refractivity contribution is 5.86. The second-order valence-electron chi connectivity index (χ2n) is 5.51. The molecule has 23 heavy (non-hydrogen) atoms. The van der Waals surface area contributed by atoms with Gasteiger partial charge in [-0.1, -0.05) is 19.1 Å². The van der Waals surface area contributed by atoms with Gasteiger partial charge in [-0.3, -0.25) is 4.79 Å². The van der Waals surface area contributed by atoms with Crippen LogP contribution in [0.3, 0.4) is 0 Å². The fraction of sp³-hybridized carbons (Fsp3) is 0.529. The summed E-state index contributed by atoms with van der Waals surface area (Å²) in [4.78, 5) is 27.6. The lowest BCUT2D eigenvalue weighted by molar-refractivity contribution is -0.130. The summed E-state index contributed by atoms with van der Waals surface area (Å²) in [5.41, 5.74) is 0.980. The molecule has 0 aliphatic rings. The number of methoxy groups -OCH3 is 1. The number of urea groups is 1. The lowest BCUT2D eigenvalue weighted by Crippen LogP contribution is -2.50. The topological polar surface area (TPSA) is 61.9 Å². The third-order valence-corrected chi connectivity index (χ3v) is 3.62. The first kappa shape index (κ1) is 18.8. The monoisotopic (exact) mass is 321 g/mol. The Hall–Kier alpha value is -2.24. The minimum Gasteiger partial charge on any atom is -0.497 e. The molecule has 0 fully saturated rings. The molecule has 1 unspecified atom stereocenters. The maximum Gasteiger partial charge on any atom is 0.318 e. The van der Waals surface area contributed by atoms with Crippen LogP contribution in [0.2, 0.25) is 0 Å². The molecule has 0 aromatic heterocycles. The van der Waals surface area contributed by atoms with Crippen LogP contribution in [0, 0.1) is 0 Å². The Morgan fingerprint density at radius 2 is 1.96 bits per heavy atom. The van der Waals surface area contributed by atoms with Crippen LogP contribution in [-0.4, -0.2) is 55.5 Å². The summed E-state index contributed by atoms with van der Waals surface area (Å²) in [5, 5.41) is 2.81. The number of ether oxygens (including phenoxy) is 1. The van der Waals surface area contributed by atoms with E-state index in [2.05, 4.69) is 5.32 Å². The normalized spacial score (nSPS) is 11.5. The van der Waals surface area contributed by atoms with Crippen molar-refractivity contribution in [2.24, 2.45) is 0 Å². The molecule has 6 heteroatoms. The van der Waals surface area contributed by atoms with Crippen molar-refractivity contribution in [1.82, 2.24) is 15.1 Å². The number of benzene rings is 1. The lowest BCUT2D eigenvalue weighted by atomic mass is 10.2. The standard InChI is InChI=1S/C17H27N3O3/c1-6-15(16(21)19(3)4)18-17(22)20(7-2)12-13-9-8-10-14(11-13)23-5/h8-11,15H,6-7,12H2,1-5H3,(H,18,22). The molecule has 0 aliphatic carbocycles. The lowest BCUT2D eigenvalue weighted by Gasteiger charge is -2.26. The largest absolute Gasteiger partial charge is 0.497 e. The Balaban J connectivity index is 2.75. The Bertz CT molecular complexity index is 532. The van der Waals surface area contributed by atoms with Crippen LogP contribution in [0.1, 0.15) is 25.8 Å². The molecular weight excluding hydrogens is 294 g/mol. The molecule has 1 aromatic carbocycles. The number of carbonyl (C=O) groups is 2. The minimum atomic E-state index is -0.503. The quantitative estimate of drug-likeness (QED) is 0.836. The van der Waals surface area contributed by atoms with E-state index in [-0.39, 0.29) is 11.9 Å². The minimum absolute atomic E-state index is 0.0988. The van der Waals surface area contributed by atoms with Crippen molar-refractivity contribution >= 4 is 11.9 Å². The number of rotatable bonds is 7. The third-order valence-electron chi connectivity index (χ3n) is 3.62. The average Bonchev–Trinajstić information content (AvgIpc) is 2.56. The number of hydrogen-bond acceptors (Lipinski definition) is 3. The van der Waals surface area contributed by atoms with E-state index in [1.165, 1.54) is 4.90 Å². The van der Waals surface area contributed by atoms with E-state index < -0.39 is 6.04 Å². The SMILES string of the molecule is CCC(NC(=O)N(CC)Cc1cccc(OC)c1)C(=O)N(C)C. The highest BCUT2D eigenvalue weighted by Crippen LogP contribution is 2.14. The molecule has 3 amide bonds. The van der Waals surface area contributed by atoms with E-state index in [0.29, 0.717) is 19.5 Å². The molecule has 0 aliphatic heterocycles. The third kappa shape index (κ3) is 5.47. The highest BCUT2D eigenvalue weighted by Gasteiger charge is 2.22. The van der Waals surface area contributed by atoms with Crippen molar-refractivity contribution in [1.29, 1.82) is 0 Å². The molecule has 1 atom stereocenters. The van der Waals surface area contributed by atoms with Gasteiger partial charge in [0.15, 0.2) is 0 Å². The first-order chi connectivity index (χ1) is 10.9. The zero-order valence-corrected chi connectivity index (χ0v) is 14.6. The van der Waals surface area contributed by atoms with E-state index in [9.17, 15) is 9.59 Å². The van der Waals surface area contributed by atoms with Crippen molar-refractivity contribution in [3.63, 3.8) is 0 Å². The predicted octanol–water partition coefficient (Wildman–Crippen LogP) is 2.09. The van der Waals surface area contributed by atoms with Crippen LogP contribution >= 0.6 is 0 Å². The Morgan fingerprint density at radius 1 is 1.26 bits per heavy atom. The van der Waals surface area contributed by atoms with Gasteiger partial charge in [0.25, 0.3) is 0 Å². The van der Waals surface area contributed by atoms with Crippen LogP contribution < -0.4 is 10.1 Å². The second kappa shape index (κ2) is 9.02. The molecule has 0 bridgehead atoms. The molecule has 0 radical (unpaired) electrons. The Kier molecular flexibility index (Phi) is 7.38. The van der Waals surface area contributed by atoms with E-state index in [4.69, 9.17) is 4.74 Å². The summed E-state index contributed by atoms with van der Waals surface area (Å²) in [6.07, 6.45) is 0.555. The van der Waals surface area contributed by atoms with Crippen LogP contribution in [0.5, 0.6) is 5.75 Å². The fourth-order valence-corrected chi connectivity index (χ4v) is 2.21. The molecule has 0 heterocycles. The van der Waals surface area contributed by atoms with Crippen molar-refractivity contribution in [2.75, 3.05) is 27.7 Å². The highest BCUT2D eigenvalue weighted by atomic mass is 16.5. The zero-order valence-electron chi connectivity index (χ0n) is 14.6. The summed E-state index contributed by atoms with van der Waals surface area (Å²) in [6.45, 7) is 4.81. The summed E-state index contributed by atoms with van der Waals surface area (Å²) >= 11 is 0. The van der Waals surface area contributed by atoms with Gasteiger partial charge in [0.05, 0.1) is 7.11 Å². The number of nitrogens with one attached hydrogen (secondary N) is 1. The van der Waals surface area contributed by atoms with E-state index in [1.54, 1.807) is 26.1 Å². The summed E-state index contributed by atoms with van der Waals surface area (Å²) < 4.78 is 5.20. The molecule has 0 spiro atoms. The van der Waals surface area contributed by atoms with E-state index in [0.717, 1.165) is 11.3 Å². The molecule has 6 nitrogen and oxygen atoms in total. The van der Waals surface area contributed by atoms with Crippen molar-refractivity contribution < 1.29 is 14.3 Å². The fourth-order valence-electron chi connectivity index (χ4n) is 2.21. The zero-order chi connectivity index (χ0) is 17.4. The average molecular weight is 321 g/mol. The molecule has 128 valence electrons. The van der Waals surface area contributed by atoms with Gasteiger partial charge in [0.1, 0.15) is 11.8 Å². The first-order valence-corrected chi connectivity index (χ1v) is 7.82. The van der Waals surface area contributed by atoms with Gasteiger partial charge in [0, 0.05) is 27.2 Å². The first-order valence-electron chi connectivity index (χ1n) is 7.82. The molecule has 1 aromatic rings. The summed E-state index contributed by atoms with van der Waals surface area (Å²) in [7, 11) is 4.98. The van der Waals surface area contributed by atoms with E-state index in [1.807, 2.05) is 38.1 Å². The van der Waals surface area contributed by atoms with Crippen LogP contribution in [0.25, 0.3) is 0 Å². The second-order valence-corrected chi connectivity index (χ2v) is 5.51. The molecule has 0 saturated heterocycles. The van der Waals surface area contributed by atoms with E-state index >= 15 is 0 Å². The number of carbonyl (C=O) groups excluding carboxylic acids is 2. The number of likely N-dealkylation sites (N-methyl/N-ethyl adjacent to an activating group) is 1. The van der Waals surface area contributed by atoms with Gasteiger partial charge in [-0.2, -0.15) is 0 Å². The van der Waals surface area contributed by atoms with Gasteiger partial charge in [-0.15, -0.1) is 0 Å². The maximum atomic E-state index is 12.4. The summed E-state index contributed by atoms with van der Waals surface area (Å²) in [6, 6.07) is 6.86. The van der Waals surface area contributed by atoms with Gasteiger partial charge < -0.3 is 19.9 Å². The van der Waals surface area contributed by atoms with Crippen LogP contribution in [-0.2, 0) is 11.3 Å². The molecule has 0 saturated carbocycles. The summed E-state index contributed by atoms with van der Waals surface area (Å²) in [5.74, 6) is 0.659. The van der Waals surface area contributed by atoms with Gasteiger partial charge >= 0.3 is 6.03 Å². The molecule has 1 N–H and O–H groups in total.